The molecule has 0 fully saturated rings. The van der Waals surface area contributed by atoms with Gasteiger partial charge in [0.25, 0.3) is 0 Å². The zero-order valence-corrected chi connectivity index (χ0v) is 16.0. The van der Waals surface area contributed by atoms with Gasteiger partial charge in [0.05, 0.1) is 30.5 Å². The molecule has 0 aliphatic carbocycles. The highest BCUT2D eigenvalue weighted by Crippen LogP contribution is 2.30. The molecule has 0 radical (unpaired) electrons. The van der Waals surface area contributed by atoms with Gasteiger partial charge in [-0.15, -0.1) is 11.3 Å². The summed E-state index contributed by atoms with van der Waals surface area (Å²) in [4.78, 5) is 5.17. The van der Waals surface area contributed by atoms with Crippen LogP contribution in [0, 0.1) is 0 Å². The van der Waals surface area contributed by atoms with E-state index in [9.17, 15) is 8.42 Å². The number of ether oxygens (including phenoxy) is 2. The number of nitrogens with zero attached hydrogens (tertiary/aromatic N) is 3. The number of hydrogen-bond acceptors (Lipinski definition) is 8. The first-order valence-corrected chi connectivity index (χ1v) is 9.82. The summed E-state index contributed by atoms with van der Waals surface area (Å²) in [7, 11) is 0.611. The minimum absolute atomic E-state index is 0.0466. The van der Waals surface area contributed by atoms with Crippen LogP contribution in [0.4, 0.5) is 0 Å². The van der Waals surface area contributed by atoms with Crippen LogP contribution >= 0.6 is 11.3 Å². The summed E-state index contributed by atoms with van der Waals surface area (Å²) in [5.74, 6) is 1.43. The molecule has 0 amide bonds. The third-order valence-corrected chi connectivity index (χ3v) is 6.30. The predicted molar refractivity (Wildman–Crippen MR) is 95.8 cm³/mol. The molecule has 0 unspecified atom stereocenters. The Morgan fingerprint density at radius 3 is 2.62 bits per heavy atom. The van der Waals surface area contributed by atoms with Crippen molar-refractivity contribution in [1.82, 2.24) is 14.4 Å². The monoisotopic (exact) mass is 395 g/mol. The van der Waals surface area contributed by atoms with E-state index in [4.69, 9.17) is 14.0 Å². The molecule has 10 heteroatoms. The molecule has 2 aromatic heterocycles. The maximum Gasteiger partial charge on any atom is 0.243 e. The summed E-state index contributed by atoms with van der Waals surface area (Å²) >= 11 is 1.48. The second-order valence-electron chi connectivity index (χ2n) is 5.27. The van der Waals surface area contributed by atoms with Gasteiger partial charge in [0.1, 0.15) is 0 Å². The van der Waals surface area contributed by atoms with E-state index in [1.807, 2.05) is 17.5 Å². The average molecular weight is 395 g/mol. The zero-order valence-electron chi connectivity index (χ0n) is 14.4. The summed E-state index contributed by atoms with van der Waals surface area (Å²) in [6.07, 6.45) is 0. The lowest BCUT2D eigenvalue weighted by atomic mass is 10.3. The van der Waals surface area contributed by atoms with E-state index < -0.39 is 10.0 Å². The fourth-order valence-corrected chi connectivity index (χ4v) is 4.04. The molecule has 0 saturated heterocycles. The van der Waals surface area contributed by atoms with Gasteiger partial charge in [0.2, 0.25) is 21.7 Å². The Morgan fingerprint density at radius 2 is 1.96 bits per heavy atom. The minimum Gasteiger partial charge on any atom is -0.493 e. The van der Waals surface area contributed by atoms with Crippen molar-refractivity contribution in [2.24, 2.45) is 0 Å². The molecule has 0 atom stereocenters. The molecule has 0 aliphatic heterocycles. The summed E-state index contributed by atoms with van der Waals surface area (Å²) < 4.78 is 42.2. The van der Waals surface area contributed by atoms with Crippen molar-refractivity contribution in [3.63, 3.8) is 0 Å². The van der Waals surface area contributed by atoms with E-state index in [1.54, 1.807) is 6.07 Å². The van der Waals surface area contributed by atoms with Crippen LogP contribution in [-0.2, 0) is 16.6 Å². The molecule has 26 heavy (non-hydrogen) atoms. The Balaban J connectivity index is 1.81. The molecule has 138 valence electrons. The van der Waals surface area contributed by atoms with Crippen LogP contribution in [-0.4, -0.2) is 44.1 Å². The van der Waals surface area contributed by atoms with Gasteiger partial charge in [-0.1, -0.05) is 11.2 Å². The number of rotatable bonds is 7. The predicted octanol–water partition coefficient (Wildman–Crippen LogP) is 2.64. The van der Waals surface area contributed by atoms with Gasteiger partial charge in [0.15, 0.2) is 11.5 Å². The second-order valence-corrected chi connectivity index (χ2v) is 8.26. The number of thiophene rings is 1. The number of methoxy groups -OCH3 is 2. The lowest BCUT2D eigenvalue weighted by Gasteiger charge is -2.16. The third kappa shape index (κ3) is 3.57. The molecule has 0 N–H and O–H groups in total. The van der Waals surface area contributed by atoms with Crippen LogP contribution < -0.4 is 9.47 Å². The summed E-state index contributed by atoms with van der Waals surface area (Å²) in [6.45, 7) is -0.0466. The zero-order chi connectivity index (χ0) is 18.7. The fraction of sp³-hybridized carbons (Fsp3) is 0.250. The van der Waals surface area contributed by atoms with E-state index in [0.717, 1.165) is 9.18 Å². The van der Waals surface area contributed by atoms with E-state index in [0.29, 0.717) is 17.3 Å². The Kier molecular flexibility index (Phi) is 5.25. The highest BCUT2D eigenvalue weighted by Gasteiger charge is 2.24. The second kappa shape index (κ2) is 7.44. The fourth-order valence-electron chi connectivity index (χ4n) is 2.26. The van der Waals surface area contributed by atoms with E-state index in [1.165, 1.54) is 44.7 Å². The van der Waals surface area contributed by atoms with E-state index >= 15 is 0 Å². The van der Waals surface area contributed by atoms with Gasteiger partial charge in [-0.25, -0.2) is 8.42 Å². The number of benzene rings is 1. The molecule has 8 nitrogen and oxygen atoms in total. The van der Waals surface area contributed by atoms with E-state index in [-0.39, 0.29) is 17.3 Å². The van der Waals surface area contributed by atoms with Crippen LogP contribution in [0.5, 0.6) is 11.5 Å². The smallest absolute Gasteiger partial charge is 0.243 e. The highest BCUT2D eigenvalue weighted by atomic mass is 32.2. The average Bonchev–Trinajstić information content (AvgIpc) is 3.32. The summed E-state index contributed by atoms with van der Waals surface area (Å²) in [6, 6.07) is 8.15. The first-order valence-electron chi connectivity index (χ1n) is 7.50. The van der Waals surface area contributed by atoms with Crippen molar-refractivity contribution in [2.75, 3.05) is 21.3 Å². The van der Waals surface area contributed by atoms with Gasteiger partial charge in [-0.2, -0.15) is 9.29 Å². The van der Waals surface area contributed by atoms with Crippen molar-refractivity contribution in [1.29, 1.82) is 0 Å². The molecule has 2 heterocycles. The van der Waals surface area contributed by atoms with Crippen molar-refractivity contribution < 1.29 is 22.4 Å². The molecular formula is C16H17N3O5S2. The van der Waals surface area contributed by atoms with Crippen LogP contribution in [0.25, 0.3) is 10.7 Å². The van der Waals surface area contributed by atoms with Crippen LogP contribution in [0.1, 0.15) is 5.89 Å². The number of sulfonamides is 1. The lowest BCUT2D eigenvalue weighted by molar-refractivity contribution is 0.336. The molecule has 0 spiro atoms. The Labute approximate surface area is 155 Å². The van der Waals surface area contributed by atoms with Gasteiger partial charge in [-0.3, -0.25) is 0 Å². The molecule has 1 aromatic carbocycles. The molecule has 3 aromatic rings. The largest absolute Gasteiger partial charge is 0.493 e. The maximum atomic E-state index is 12.8. The number of hydrogen-bond donors (Lipinski definition) is 0. The first kappa shape index (κ1) is 18.4. The molecular weight excluding hydrogens is 378 g/mol. The normalized spacial score (nSPS) is 11.7. The Morgan fingerprint density at radius 1 is 1.19 bits per heavy atom. The quantitative estimate of drug-likeness (QED) is 0.607. The summed E-state index contributed by atoms with van der Waals surface area (Å²) in [5, 5.41) is 5.78. The molecule has 0 aliphatic rings. The first-order chi connectivity index (χ1) is 12.5. The molecule has 0 bridgehead atoms. The molecule has 0 saturated carbocycles. The third-order valence-electron chi connectivity index (χ3n) is 3.63. The standard InChI is InChI=1S/C16H17N3O5S2/c1-19(10-15-17-16(18-24-15)14-5-4-8-25-14)26(20,21)11-6-7-12(22-2)13(9-11)23-3/h4-9H,10H2,1-3H3. The minimum atomic E-state index is -3.77. The van der Waals surface area contributed by atoms with Crippen LogP contribution in [0.3, 0.4) is 0 Å². The van der Waals surface area contributed by atoms with Crippen molar-refractivity contribution in [3.8, 4) is 22.2 Å². The maximum absolute atomic E-state index is 12.8. The van der Waals surface area contributed by atoms with Gasteiger partial charge in [0, 0.05) is 13.1 Å². The SMILES string of the molecule is COc1ccc(S(=O)(=O)N(C)Cc2nc(-c3cccs3)no2)cc1OC. The van der Waals surface area contributed by atoms with Crippen LogP contribution in [0.15, 0.2) is 45.1 Å². The number of aromatic nitrogens is 2. The van der Waals surface area contributed by atoms with Crippen LogP contribution in [0.2, 0.25) is 0 Å². The van der Waals surface area contributed by atoms with Crippen molar-refractivity contribution >= 4 is 21.4 Å². The van der Waals surface area contributed by atoms with Gasteiger partial charge < -0.3 is 14.0 Å². The van der Waals surface area contributed by atoms with E-state index in [2.05, 4.69) is 10.1 Å². The molecule has 3 rings (SSSR count). The Hall–Kier alpha value is -2.43. The van der Waals surface area contributed by atoms with Crippen molar-refractivity contribution in [3.05, 3.63) is 41.6 Å². The van der Waals surface area contributed by atoms with Gasteiger partial charge in [-0.05, 0) is 23.6 Å². The Bertz CT molecular complexity index is 983. The topological polar surface area (TPSA) is 94.8 Å². The summed E-state index contributed by atoms with van der Waals surface area (Å²) in [5.41, 5.74) is 0. The van der Waals surface area contributed by atoms with Gasteiger partial charge >= 0.3 is 0 Å². The lowest BCUT2D eigenvalue weighted by Crippen LogP contribution is -2.26. The van der Waals surface area contributed by atoms with Crippen molar-refractivity contribution in [2.45, 2.75) is 11.4 Å². The highest BCUT2D eigenvalue weighted by molar-refractivity contribution is 7.89.